The van der Waals surface area contributed by atoms with Crippen molar-refractivity contribution in [2.24, 2.45) is 17.3 Å². The fraction of sp³-hybridized carbons (Fsp3) is 0.543. The average Bonchev–Trinajstić information content (AvgIpc) is 3.27. The number of carbonyl (C=O) groups is 2. The van der Waals surface area contributed by atoms with E-state index < -0.39 is 21.5 Å². The van der Waals surface area contributed by atoms with E-state index in [1.807, 2.05) is 18.2 Å². The molecule has 2 aromatic carbocycles. The van der Waals surface area contributed by atoms with Crippen LogP contribution in [0, 0.1) is 17.3 Å². The lowest BCUT2D eigenvalue weighted by Gasteiger charge is -2.26. The number of amides is 2. The molecule has 11 heteroatoms. The molecule has 4 atom stereocenters. The molecular weight excluding hydrogens is 602 g/mol. The Morgan fingerprint density at radius 3 is 2.46 bits per heavy atom. The molecule has 4 heterocycles. The highest BCUT2D eigenvalue weighted by atomic mass is 32.2. The maximum Gasteiger partial charge on any atom is 0.303 e. The Morgan fingerprint density at radius 2 is 1.76 bits per heavy atom. The fourth-order valence-corrected chi connectivity index (χ4v) is 9.56. The molecule has 0 radical (unpaired) electrons. The molecule has 8 rings (SSSR count). The molecule has 2 saturated heterocycles. The standard InChI is InChI=1S/C35H43N5O5S/c1-38(2)46(43,44)37-33(41)22-9-11-27-30(13-22)40-20-35(34(42)39-18-23-16-36-17-24(23)19-39)15-29(35)28-14-25(45-3)10-12-26(28)32(40)31(27)21-7-5-4-6-8-21/h9-14,21,23-24,29,36H,4-8,15-20H2,1-3H3,(H,37,41)/t23-,24+,29?,35?. The normalized spacial score (nSPS) is 27.1. The van der Waals surface area contributed by atoms with E-state index in [2.05, 4.69) is 31.6 Å². The molecule has 2 unspecified atom stereocenters. The molecule has 4 fully saturated rings. The molecule has 2 saturated carbocycles. The minimum atomic E-state index is -3.96. The van der Waals surface area contributed by atoms with Gasteiger partial charge in [-0.25, -0.2) is 4.72 Å². The van der Waals surface area contributed by atoms with Crippen LogP contribution in [0.4, 0.5) is 0 Å². The zero-order chi connectivity index (χ0) is 32.0. The molecule has 1 aromatic heterocycles. The zero-order valence-corrected chi connectivity index (χ0v) is 27.7. The van der Waals surface area contributed by atoms with Crippen LogP contribution in [-0.2, 0) is 21.5 Å². The Labute approximate surface area is 270 Å². The van der Waals surface area contributed by atoms with Gasteiger partial charge in [0.05, 0.1) is 18.2 Å². The minimum absolute atomic E-state index is 0.0783. The van der Waals surface area contributed by atoms with Gasteiger partial charge in [0.25, 0.3) is 5.91 Å². The molecule has 3 aromatic rings. The number of hydrogen-bond donors (Lipinski definition) is 2. The van der Waals surface area contributed by atoms with Gasteiger partial charge in [-0.3, -0.25) is 9.59 Å². The van der Waals surface area contributed by atoms with Crippen molar-refractivity contribution >= 4 is 32.9 Å². The summed E-state index contributed by atoms with van der Waals surface area (Å²) in [6.45, 7) is 4.06. The Morgan fingerprint density at radius 1 is 1.02 bits per heavy atom. The Bertz CT molecular complexity index is 1850. The van der Waals surface area contributed by atoms with E-state index in [4.69, 9.17) is 4.74 Å². The molecule has 10 nitrogen and oxygen atoms in total. The monoisotopic (exact) mass is 645 g/mol. The third-order valence-corrected chi connectivity index (χ3v) is 13.0. The molecule has 2 aliphatic carbocycles. The van der Waals surface area contributed by atoms with Crippen molar-refractivity contribution in [1.82, 2.24) is 23.8 Å². The van der Waals surface area contributed by atoms with Crippen molar-refractivity contribution in [3.63, 3.8) is 0 Å². The zero-order valence-electron chi connectivity index (χ0n) is 26.8. The third kappa shape index (κ3) is 4.60. The lowest BCUT2D eigenvalue weighted by Crippen LogP contribution is -2.40. The van der Waals surface area contributed by atoms with Crippen LogP contribution in [-0.4, -0.2) is 81.4 Å². The van der Waals surface area contributed by atoms with Crippen LogP contribution in [0.2, 0.25) is 0 Å². The second-order valence-corrected chi connectivity index (χ2v) is 16.3. The summed E-state index contributed by atoms with van der Waals surface area (Å²) in [7, 11) is 0.510. The Kier molecular flexibility index (Phi) is 7.04. The van der Waals surface area contributed by atoms with Crippen LogP contribution in [0.25, 0.3) is 22.2 Å². The number of ether oxygens (including phenoxy) is 1. The van der Waals surface area contributed by atoms with Crippen LogP contribution >= 0.6 is 0 Å². The van der Waals surface area contributed by atoms with Crippen molar-refractivity contribution in [1.29, 1.82) is 0 Å². The number of likely N-dealkylation sites (tertiary alicyclic amines) is 1. The second-order valence-electron chi connectivity index (χ2n) is 14.4. The van der Waals surface area contributed by atoms with Gasteiger partial charge in [0.15, 0.2) is 0 Å². The van der Waals surface area contributed by atoms with Crippen molar-refractivity contribution in [2.75, 3.05) is 47.4 Å². The van der Waals surface area contributed by atoms with Crippen LogP contribution in [0.15, 0.2) is 36.4 Å². The van der Waals surface area contributed by atoms with Gasteiger partial charge in [0.2, 0.25) is 5.91 Å². The summed E-state index contributed by atoms with van der Waals surface area (Å²) in [5, 5.41) is 4.57. The van der Waals surface area contributed by atoms with E-state index >= 15 is 0 Å². The summed E-state index contributed by atoms with van der Waals surface area (Å²) >= 11 is 0. The van der Waals surface area contributed by atoms with Gasteiger partial charge in [-0.2, -0.15) is 12.7 Å². The van der Waals surface area contributed by atoms with Gasteiger partial charge in [0.1, 0.15) is 5.75 Å². The van der Waals surface area contributed by atoms with Gasteiger partial charge >= 0.3 is 10.2 Å². The van der Waals surface area contributed by atoms with Crippen LogP contribution in [0.3, 0.4) is 0 Å². The highest BCUT2D eigenvalue weighted by Crippen LogP contribution is 2.66. The molecule has 5 aliphatic rings. The molecule has 0 bridgehead atoms. The summed E-state index contributed by atoms with van der Waals surface area (Å²) in [6.07, 6.45) is 6.54. The van der Waals surface area contributed by atoms with E-state index in [-0.39, 0.29) is 17.4 Å². The number of fused-ring (bicyclic) bond motifs is 8. The first kappa shape index (κ1) is 30.0. The minimum Gasteiger partial charge on any atom is -0.497 e. The van der Waals surface area contributed by atoms with Crippen molar-refractivity contribution < 1.29 is 22.7 Å². The molecular formula is C35H43N5O5S. The van der Waals surface area contributed by atoms with Crippen LogP contribution in [0.1, 0.15) is 71.8 Å². The lowest BCUT2D eigenvalue weighted by molar-refractivity contribution is -0.137. The van der Waals surface area contributed by atoms with E-state index in [0.717, 1.165) is 77.7 Å². The summed E-state index contributed by atoms with van der Waals surface area (Å²) in [4.78, 5) is 30.1. The Balaban J connectivity index is 1.31. The van der Waals surface area contributed by atoms with Gasteiger partial charge in [0, 0.05) is 74.8 Å². The van der Waals surface area contributed by atoms with E-state index in [1.165, 1.54) is 44.5 Å². The van der Waals surface area contributed by atoms with Gasteiger partial charge in [-0.05, 0) is 78.5 Å². The SMILES string of the molecule is COc1ccc2c(c1)C1CC1(C(=O)N1C[C@H]3CNC[C@H]3C1)Cn1c-2c(C2CCCCC2)c2ccc(C(=O)NS(=O)(=O)N(C)C)cc21. The highest BCUT2D eigenvalue weighted by Gasteiger charge is 2.64. The van der Waals surface area contributed by atoms with Gasteiger partial charge in [-0.1, -0.05) is 25.3 Å². The number of nitrogens with zero attached hydrogens (tertiary/aromatic N) is 3. The maximum absolute atomic E-state index is 14.7. The molecule has 244 valence electrons. The summed E-state index contributed by atoms with van der Waals surface area (Å²) in [5.41, 5.74) is 5.32. The van der Waals surface area contributed by atoms with Crippen LogP contribution < -0.4 is 14.8 Å². The predicted molar refractivity (Wildman–Crippen MR) is 176 cm³/mol. The summed E-state index contributed by atoms with van der Waals surface area (Å²) in [6, 6.07) is 11.9. The molecule has 46 heavy (non-hydrogen) atoms. The number of carbonyl (C=O) groups excluding carboxylic acids is 2. The van der Waals surface area contributed by atoms with Crippen molar-refractivity contribution in [3.8, 4) is 17.0 Å². The molecule has 2 amide bonds. The first-order chi connectivity index (χ1) is 22.1. The lowest BCUT2D eigenvalue weighted by atomic mass is 9.81. The molecule has 2 N–H and O–H groups in total. The van der Waals surface area contributed by atoms with E-state index in [9.17, 15) is 18.0 Å². The maximum atomic E-state index is 14.7. The van der Waals surface area contributed by atoms with Gasteiger partial charge in [-0.15, -0.1) is 0 Å². The Hall–Kier alpha value is -3.41. The molecule has 3 aliphatic heterocycles. The fourth-order valence-electron chi connectivity index (χ4n) is 9.03. The van der Waals surface area contributed by atoms with Crippen molar-refractivity contribution in [3.05, 3.63) is 53.1 Å². The number of hydrogen-bond acceptors (Lipinski definition) is 6. The topological polar surface area (TPSA) is 113 Å². The number of aromatic nitrogens is 1. The quantitative estimate of drug-likeness (QED) is 0.418. The summed E-state index contributed by atoms with van der Waals surface area (Å²) in [5.74, 6) is 1.82. The smallest absolute Gasteiger partial charge is 0.303 e. The van der Waals surface area contributed by atoms with Crippen molar-refractivity contribution in [2.45, 2.75) is 56.9 Å². The first-order valence-corrected chi connectivity index (χ1v) is 18.1. The van der Waals surface area contributed by atoms with Crippen LogP contribution in [0.5, 0.6) is 5.75 Å². The second kappa shape index (κ2) is 10.8. The number of rotatable bonds is 6. The number of nitrogens with one attached hydrogen (secondary N) is 2. The average molecular weight is 646 g/mol. The summed E-state index contributed by atoms with van der Waals surface area (Å²) < 4.78 is 36.3. The number of benzene rings is 2. The van der Waals surface area contributed by atoms with Gasteiger partial charge < -0.3 is 19.5 Å². The predicted octanol–water partition coefficient (Wildman–Crippen LogP) is 4.07. The highest BCUT2D eigenvalue weighted by molar-refractivity contribution is 7.87. The van der Waals surface area contributed by atoms with E-state index in [1.54, 1.807) is 13.2 Å². The van der Waals surface area contributed by atoms with E-state index in [0.29, 0.717) is 24.3 Å². The third-order valence-electron chi connectivity index (χ3n) is 11.6. The first-order valence-electron chi connectivity index (χ1n) is 16.7. The number of methoxy groups -OCH3 is 1. The molecule has 0 spiro atoms. The largest absolute Gasteiger partial charge is 0.497 e.